The fraction of sp³-hybridized carbons (Fsp3) is 0.385. The molecule has 0 spiro atoms. The number of hydrogen-bond donors (Lipinski definition) is 3. The molecule has 1 aromatic rings. The van der Waals surface area contributed by atoms with Gasteiger partial charge in [0, 0.05) is 11.1 Å². The zero-order chi connectivity index (χ0) is 13.7. The van der Waals surface area contributed by atoms with Crippen molar-refractivity contribution in [3.8, 4) is 5.75 Å². The maximum atomic E-state index is 11.9. The largest absolute Gasteiger partial charge is 0.508 e. The number of carbonyl (C=O) groups excluding carboxylic acids is 1. The van der Waals surface area contributed by atoms with E-state index in [1.807, 2.05) is 6.92 Å². The molecule has 0 aliphatic carbocycles. The van der Waals surface area contributed by atoms with Crippen molar-refractivity contribution in [3.05, 3.63) is 29.3 Å². The van der Waals surface area contributed by atoms with Gasteiger partial charge in [-0.1, -0.05) is 19.4 Å². The Morgan fingerprint density at radius 1 is 1.39 bits per heavy atom. The molecule has 1 aromatic carbocycles. The van der Waals surface area contributed by atoms with Crippen LogP contribution in [-0.2, 0) is 4.79 Å². The van der Waals surface area contributed by atoms with E-state index < -0.39 is 17.9 Å². The third-order valence-electron chi connectivity index (χ3n) is 2.73. The third kappa shape index (κ3) is 3.23. The summed E-state index contributed by atoms with van der Waals surface area (Å²) in [7, 11) is 0. The van der Waals surface area contributed by atoms with Crippen LogP contribution in [0.5, 0.6) is 5.75 Å². The maximum absolute atomic E-state index is 11.9. The van der Waals surface area contributed by atoms with Crippen LogP contribution in [0.25, 0.3) is 0 Å². The van der Waals surface area contributed by atoms with Crippen molar-refractivity contribution in [1.29, 1.82) is 0 Å². The number of carbonyl (C=O) groups is 2. The van der Waals surface area contributed by atoms with Gasteiger partial charge in [0.2, 0.25) is 0 Å². The van der Waals surface area contributed by atoms with Gasteiger partial charge in [-0.25, -0.2) is 4.79 Å². The molecule has 5 heteroatoms. The number of phenolic OH excluding ortho intramolecular Hbond substituents is 1. The lowest BCUT2D eigenvalue weighted by Gasteiger charge is -2.14. The third-order valence-corrected chi connectivity index (χ3v) is 2.73. The second-order valence-corrected chi connectivity index (χ2v) is 4.10. The van der Waals surface area contributed by atoms with Crippen LogP contribution in [0, 0.1) is 6.92 Å². The number of benzene rings is 1. The molecule has 0 heterocycles. The molecule has 98 valence electrons. The van der Waals surface area contributed by atoms with Gasteiger partial charge < -0.3 is 15.5 Å². The number of rotatable bonds is 5. The van der Waals surface area contributed by atoms with Crippen LogP contribution in [0.2, 0.25) is 0 Å². The Balaban J connectivity index is 2.87. The van der Waals surface area contributed by atoms with Crippen molar-refractivity contribution in [2.45, 2.75) is 32.7 Å². The van der Waals surface area contributed by atoms with Crippen molar-refractivity contribution < 1.29 is 19.8 Å². The molecular formula is C13H17NO4. The summed E-state index contributed by atoms with van der Waals surface area (Å²) in [5.74, 6) is -1.52. The van der Waals surface area contributed by atoms with E-state index in [9.17, 15) is 14.7 Å². The standard InChI is InChI=1S/C13H17NO4/c1-3-5-10(13(17)18)14-12(16)9-6-4-7-11(15)8(9)2/h4,6-7,10,15H,3,5H2,1-2H3,(H,14,16)(H,17,18)/t10-/m1/s1. The van der Waals surface area contributed by atoms with Crippen LogP contribution in [0.1, 0.15) is 35.7 Å². The number of aliphatic carboxylic acids is 1. The fourth-order valence-electron chi connectivity index (χ4n) is 1.65. The molecule has 0 saturated heterocycles. The van der Waals surface area contributed by atoms with Crippen LogP contribution < -0.4 is 5.32 Å². The molecule has 18 heavy (non-hydrogen) atoms. The average Bonchev–Trinajstić information content (AvgIpc) is 2.31. The van der Waals surface area contributed by atoms with Gasteiger partial charge in [-0.05, 0) is 25.5 Å². The maximum Gasteiger partial charge on any atom is 0.326 e. The van der Waals surface area contributed by atoms with E-state index in [1.54, 1.807) is 19.1 Å². The van der Waals surface area contributed by atoms with E-state index in [4.69, 9.17) is 5.11 Å². The van der Waals surface area contributed by atoms with Crippen LogP contribution in [0.15, 0.2) is 18.2 Å². The summed E-state index contributed by atoms with van der Waals surface area (Å²) in [5.41, 5.74) is 0.730. The smallest absolute Gasteiger partial charge is 0.326 e. The molecule has 0 fully saturated rings. The Morgan fingerprint density at radius 2 is 2.06 bits per heavy atom. The summed E-state index contributed by atoms with van der Waals surface area (Å²) in [6, 6.07) is 3.68. The SMILES string of the molecule is CCC[C@@H](NC(=O)c1cccc(O)c1C)C(=O)O. The molecule has 0 radical (unpaired) electrons. The summed E-state index contributed by atoms with van der Waals surface area (Å²) < 4.78 is 0. The van der Waals surface area contributed by atoms with Gasteiger partial charge in [0.05, 0.1) is 0 Å². The van der Waals surface area contributed by atoms with E-state index in [1.165, 1.54) is 6.07 Å². The lowest BCUT2D eigenvalue weighted by atomic mass is 10.1. The van der Waals surface area contributed by atoms with Gasteiger partial charge in [-0.2, -0.15) is 0 Å². The van der Waals surface area contributed by atoms with Gasteiger partial charge in [0.15, 0.2) is 0 Å². The molecule has 0 saturated carbocycles. The van der Waals surface area contributed by atoms with Gasteiger partial charge in [0.25, 0.3) is 5.91 Å². The predicted octanol–water partition coefficient (Wildman–Crippen LogP) is 1.68. The molecule has 0 bridgehead atoms. The highest BCUT2D eigenvalue weighted by Crippen LogP contribution is 2.19. The van der Waals surface area contributed by atoms with Crippen LogP contribution in [0.4, 0.5) is 0 Å². The van der Waals surface area contributed by atoms with Crippen molar-refractivity contribution in [2.75, 3.05) is 0 Å². The lowest BCUT2D eigenvalue weighted by molar-refractivity contribution is -0.139. The zero-order valence-electron chi connectivity index (χ0n) is 10.4. The van der Waals surface area contributed by atoms with Crippen LogP contribution in [-0.4, -0.2) is 28.1 Å². The van der Waals surface area contributed by atoms with Crippen LogP contribution >= 0.6 is 0 Å². The Bertz CT molecular complexity index is 456. The molecule has 5 nitrogen and oxygen atoms in total. The highest BCUT2D eigenvalue weighted by Gasteiger charge is 2.20. The van der Waals surface area contributed by atoms with E-state index >= 15 is 0 Å². The second kappa shape index (κ2) is 6.05. The fourth-order valence-corrected chi connectivity index (χ4v) is 1.65. The summed E-state index contributed by atoms with van der Waals surface area (Å²) in [4.78, 5) is 22.9. The number of hydrogen-bond acceptors (Lipinski definition) is 3. The summed E-state index contributed by atoms with van der Waals surface area (Å²) in [5, 5.41) is 20.9. The quantitative estimate of drug-likeness (QED) is 0.743. The minimum absolute atomic E-state index is 0.0185. The summed E-state index contributed by atoms with van der Waals surface area (Å²) >= 11 is 0. The van der Waals surface area contributed by atoms with Gasteiger partial charge >= 0.3 is 5.97 Å². The number of phenols is 1. The second-order valence-electron chi connectivity index (χ2n) is 4.10. The highest BCUT2D eigenvalue weighted by atomic mass is 16.4. The minimum atomic E-state index is -1.05. The van der Waals surface area contributed by atoms with E-state index in [2.05, 4.69) is 5.32 Å². The first-order chi connectivity index (χ1) is 8.47. The normalized spacial score (nSPS) is 11.9. The number of carboxylic acids is 1. The number of nitrogens with one attached hydrogen (secondary N) is 1. The predicted molar refractivity (Wildman–Crippen MR) is 66.6 cm³/mol. The van der Waals surface area contributed by atoms with E-state index in [0.717, 1.165) is 0 Å². The van der Waals surface area contributed by atoms with Crippen molar-refractivity contribution in [2.24, 2.45) is 0 Å². The number of aromatic hydroxyl groups is 1. The number of amides is 1. The Hall–Kier alpha value is -2.04. The molecule has 1 atom stereocenters. The van der Waals surface area contributed by atoms with Crippen molar-refractivity contribution in [3.63, 3.8) is 0 Å². The van der Waals surface area contributed by atoms with Gasteiger partial charge in [-0.3, -0.25) is 4.79 Å². The molecule has 3 N–H and O–H groups in total. The Morgan fingerprint density at radius 3 is 2.61 bits per heavy atom. The first-order valence-electron chi connectivity index (χ1n) is 5.79. The highest BCUT2D eigenvalue weighted by molar-refractivity contribution is 5.98. The average molecular weight is 251 g/mol. The summed E-state index contributed by atoms with van der Waals surface area (Å²) in [6.45, 7) is 3.46. The van der Waals surface area contributed by atoms with Crippen molar-refractivity contribution >= 4 is 11.9 Å². The molecule has 1 rings (SSSR count). The molecule has 0 aromatic heterocycles. The van der Waals surface area contributed by atoms with E-state index in [-0.39, 0.29) is 11.3 Å². The monoisotopic (exact) mass is 251 g/mol. The van der Waals surface area contributed by atoms with Gasteiger partial charge in [0.1, 0.15) is 11.8 Å². The topological polar surface area (TPSA) is 86.6 Å². The Kier molecular flexibility index (Phi) is 4.71. The molecule has 1 amide bonds. The number of carboxylic acid groups (broad SMARTS) is 1. The Labute approximate surface area is 105 Å². The first-order valence-corrected chi connectivity index (χ1v) is 5.79. The molecular weight excluding hydrogens is 234 g/mol. The molecule has 0 aliphatic rings. The zero-order valence-corrected chi connectivity index (χ0v) is 10.4. The van der Waals surface area contributed by atoms with Gasteiger partial charge in [-0.15, -0.1) is 0 Å². The van der Waals surface area contributed by atoms with Crippen LogP contribution in [0.3, 0.4) is 0 Å². The molecule has 0 unspecified atom stereocenters. The summed E-state index contributed by atoms with van der Waals surface area (Å²) in [6.07, 6.45) is 1.04. The van der Waals surface area contributed by atoms with E-state index in [0.29, 0.717) is 18.4 Å². The first kappa shape index (κ1) is 14.0. The molecule has 0 aliphatic heterocycles. The lowest BCUT2D eigenvalue weighted by Crippen LogP contribution is -2.40. The minimum Gasteiger partial charge on any atom is -0.508 e. The van der Waals surface area contributed by atoms with Crippen molar-refractivity contribution in [1.82, 2.24) is 5.32 Å².